The van der Waals surface area contributed by atoms with Crippen molar-refractivity contribution in [3.05, 3.63) is 58.9 Å². The lowest BCUT2D eigenvalue weighted by Gasteiger charge is -2.27. The number of amides is 1. The molecule has 1 unspecified atom stereocenters. The first kappa shape index (κ1) is 20.3. The number of carbonyl (C=O) groups excluding carboxylic acids is 1. The first-order valence-electron chi connectivity index (χ1n) is 8.24. The number of hydrogen-bond acceptors (Lipinski definition) is 4. The van der Waals surface area contributed by atoms with Gasteiger partial charge in [-0.2, -0.15) is 13.2 Å². The maximum Gasteiger partial charge on any atom is 0.416 e. The summed E-state index contributed by atoms with van der Waals surface area (Å²) in [6, 6.07) is 7.39. The van der Waals surface area contributed by atoms with Crippen LogP contribution in [0.3, 0.4) is 0 Å². The summed E-state index contributed by atoms with van der Waals surface area (Å²) in [6.07, 6.45) is -4.66. The molecule has 1 saturated heterocycles. The van der Waals surface area contributed by atoms with Gasteiger partial charge in [0.2, 0.25) is 5.91 Å². The zero-order chi connectivity index (χ0) is 20.5. The van der Waals surface area contributed by atoms with Crippen molar-refractivity contribution in [1.82, 2.24) is 4.90 Å². The van der Waals surface area contributed by atoms with Crippen LogP contribution in [0.2, 0.25) is 0 Å². The van der Waals surface area contributed by atoms with Gasteiger partial charge >= 0.3 is 6.18 Å². The molecule has 150 valence electrons. The third kappa shape index (κ3) is 3.89. The number of nitrogens with zero attached hydrogens (tertiary/aromatic N) is 1. The molecule has 0 saturated carbocycles. The van der Waals surface area contributed by atoms with Gasteiger partial charge in [-0.05, 0) is 29.8 Å². The van der Waals surface area contributed by atoms with E-state index in [0.717, 1.165) is 23.9 Å². The highest BCUT2D eigenvalue weighted by atomic mass is 32.2. The Morgan fingerprint density at radius 1 is 1.18 bits per heavy atom. The molecule has 1 fully saturated rings. The molecule has 3 rings (SSSR count). The first-order chi connectivity index (χ1) is 13.3. The second kappa shape index (κ2) is 7.90. The molecule has 0 spiro atoms. The third-order valence-corrected chi connectivity index (χ3v) is 5.62. The van der Waals surface area contributed by atoms with E-state index in [0.29, 0.717) is 23.1 Å². The Morgan fingerprint density at radius 3 is 2.57 bits per heavy atom. The molecule has 1 atom stereocenters. The number of rotatable bonds is 5. The van der Waals surface area contributed by atoms with Crippen molar-refractivity contribution in [3.8, 4) is 11.5 Å². The SMILES string of the molecule is COc1cccc(CN2C(=O)CSC2c2cc(F)ccc2C(F)(F)F)c1OC. The van der Waals surface area contributed by atoms with Crippen molar-refractivity contribution in [3.63, 3.8) is 0 Å². The molecule has 1 aliphatic heterocycles. The van der Waals surface area contributed by atoms with E-state index in [1.165, 1.54) is 19.1 Å². The zero-order valence-corrected chi connectivity index (χ0v) is 15.9. The number of ether oxygens (including phenoxy) is 2. The van der Waals surface area contributed by atoms with Crippen LogP contribution < -0.4 is 9.47 Å². The summed E-state index contributed by atoms with van der Waals surface area (Å²) in [4.78, 5) is 13.7. The zero-order valence-electron chi connectivity index (χ0n) is 15.0. The Morgan fingerprint density at radius 2 is 1.93 bits per heavy atom. The molecule has 0 N–H and O–H groups in total. The quantitative estimate of drug-likeness (QED) is 0.668. The minimum atomic E-state index is -4.66. The lowest BCUT2D eigenvalue weighted by atomic mass is 10.1. The van der Waals surface area contributed by atoms with E-state index in [9.17, 15) is 22.4 Å². The van der Waals surface area contributed by atoms with Crippen LogP contribution in [0.5, 0.6) is 11.5 Å². The standard InChI is InChI=1S/C19H17F4NO3S/c1-26-15-5-3-4-11(17(15)27-2)9-24-16(25)10-28-18(24)13-8-12(20)6-7-14(13)19(21,22)23/h3-8,18H,9-10H2,1-2H3. The van der Waals surface area contributed by atoms with Gasteiger partial charge in [-0.1, -0.05) is 12.1 Å². The number of para-hydroxylation sites is 1. The third-order valence-electron chi connectivity index (χ3n) is 4.38. The average molecular weight is 415 g/mol. The van der Waals surface area contributed by atoms with Gasteiger partial charge in [0.15, 0.2) is 11.5 Å². The van der Waals surface area contributed by atoms with Crippen LogP contribution in [-0.4, -0.2) is 30.8 Å². The van der Waals surface area contributed by atoms with E-state index in [4.69, 9.17) is 9.47 Å². The molecular weight excluding hydrogens is 398 g/mol. The van der Waals surface area contributed by atoms with E-state index in [-0.39, 0.29) is 23.8 Å². The second-order valence-electron chi connectivity index (χ2n) is 6.07. The van der Waals surface area contributed by atoms with E-state index in [1.807, 2.05) is 0 Å². The maximum absolute atomic E-state index is 13.7. The molecule has 1 heterocycles. The fourth-order valence-corrected chi connectivity index (χ4v) is 4.35. The molecule has 0 bridgehead atoms. The van der Waals surface area contributed by atoms with Crippen molar-refractivity contribution in [2.24, 2.45) is 0 Å². The van der Waals surface area contributed by atoms with Crippen molar-refractivity contribution in [2.45, 2.75) is 18.1 Å². The van der Waals surface area contributed by atoms with Gasteiger partial charge in [0.1, 0.15) is 11.2 Å². The predicted octanol–water partition coefficient (Wildman–Crippen LogP) is 4.64. The van der Waals surface area contributed by atoms with E-state index >= 15 is 0 Å². The van der Waals surface area contributed by atoms with Gasteiger partial charge in [-0.3, -0.25) is 4.79 Å². The van der Waals surface area contributed by atoms with Crippen molar-refractivity contribution in [2.75, 3.05) is 20.0 Å². The second-order valence-corrected chi connectivity index (χ2v) is 7.14. The Balaban J connectivity index is 2.02. The smallest absolute Gasteiger partial charge is 0.416 e. The van der Waals surface area contributed by atoms with Gasteiger partial charge in [0, 0.05) is 5.56 Å². The highest BCUT2D eigenvalue weighted by Gasteiger charge is 2.41. The lowest BCUT2D eigenvalue weighted by Crippen LogP contribution is -2.29. The fraction of sp³-hybridized carbons (Fsp3) is 0.316. The van der Waals surface area contributed by atoms with Gasteiger partial charge < -0.3 is 14.4 Å². The maximum atomic E-state index is 13.7. The van der Waals surface area contributed by atoms with E-state index in [1.54, 1.807) is 18.2 Å². The number of hydrogen-bond donors (Lipinski definition) is 0. The van der Waals surface area contributed by atoms with Crippen LogP contribution in [0, 0.1) is 5.82 Å². The molecule has 28 heavy (non-hydrogen) atoms. The summed E-state index contributed by atoms with van der Waals surface area (Å²) in [5, 5.41) is -0.962. The minimum absolute atomic E-state index is 0.00465. The van der Waals surface area contributed by atoms with Crippen LogP contribution in [0.1, 0.15) is 22.1 Å². The number of benzene rings is 2. The largest absolute Gasteiger partial charge is 0.493 e. The highest BCUT2D eigenvalue weighted by molar-refractivity contribution is 8.00. The number of carbonyl (C=O) groups is 1. The average Bonchev–Trinajstić information content (AvgIpc) is 3.00. The van der Waals surface area contributed by atoms with Crippen LogP contribution in [-0.2, 0) is 17.5 Å². The Bertz CT molecular complexity index is 888. The number of methoxy groups -OCH3 is 2. The van der Waals surface area contributed by atoms with E-state index in [2.05, 4.69) is 0 Å². The molecule has 2 aromatic rings. The normalized spacial score (nSPS) is 17.1. The first-order valence-corrected chi connectivity index (χ1v) is 9.28. The van der Waals surface area contributed by atoms with Crippen LogP contribution in [0.25, 0.3) is 0 Å². The molecule has 9 heteroatoms. The number of thioether (sulfide) groups is 1. The number of halogens is 4. The van der Waals surface area contributed by atoms with Crippen molar-refractivity contribution < 1.29 is 31.8 Å². The van der Waals surface area contributed by atoms with Crippen LogP contribution >= 0.6 is 11.8 Å². The summed E-state index contributed by atoms with van der Waals surface area (Å²) in [5.41, 5.74) is -0.651. The van der Waals surface area contributed by atoms with Gasteiger partial charge in [0.05, 0.1) is 32.1 Å². The fourth-order valence-electron chi connectivity index (χ4n) is 3.14. The topological polar surface area (TPSA) is 38.8 Å². The summed E-state index contributed by atoms with van der Waals surface area (Å²) < 4.78 is 64.6. The van der Waals surface area contributed by atoms with Crippen LogP contribution in [0.15, 0.2) is 36.4 Å². The molecule has 2 aromatic carbocycles. The monoisotopic (exact) mass is 415 g/mol. The molecule has 1 aliphatic rings. The van der Waals surface area contributed by atoms with Gasteiger partial charge in [-0.25, -0.2) is 4.39 Å². The molecule has 0 aliphatic carbocycles. The van der Waals surface area contributed by atoms with Crippen molar-refractivity contribution >= 4 is 17.7 Å². The molecule has 4 nitrogen and oxygen atoms in total. The summed E-state index contributed by atoms with van der Waals surface area (Å²) >= 11 is 1.03. The molecule has 0 aromatic heterocycles. The van der Waals surface area contributed by atoms with Gasteiger partial charge in [0.25, 0.3) is 0 Å². The summed E-state index contributed by atoms with van der Waals surface area (Å²) in [5.74, 6) is -0.287. The molecule has 1 amide bonds. The lowest BCUT2D eigenvalue weighted by molar-refractivity contribution is -0.139. The highest BCUT2D eigenvalue weighted by Crippen LogP contribution is 2.46. The van der Waals surface area contributed by atoms with Gasteiger partial charge in [-0.15, -0.1) is 11.8 Å². The Kier molecular flexibility index (Phi) is 5.74. The molecular formula is C19H17F4NO3S. The van der Waals surface area contributed by atoms with Crippen LogP contribution in [0.4, 0.5) is 17.6 Å². The van der Waals surface area contributed by atoms with E-state index < -0.39 is 22.9 Å². The predicted molar refractivity (Wildman–Crippen MR) is 96.7 cm³/mol. The minimum Gasteiger partial charge on any atom is -0.493 e. The Labute approximate surface area is 163 Å². The molecule has 0 radical (unpaired) electrons. The summed E-state index contributed by atoms with van der Waals surface area (Å²) in [6.45, 7) is 0.00465. The summed E-state index contributed by atoms with van der Waals surface area (Å²) in [7, 11) is 2.90. The Hall–Kier alpha value is -2.42. The number of alkyl halides is 3. The van der Waals surface area contributed by atoms with Crippen molar-refractivity contribution in [1.29, 1.82) is 0 Å².